The largest absolute Gasteiger partial charge is 0.481 e. The quantitative estimate of drug-likeness (QED) is 0.171. The third kappa shape index (κ3) is 6.49. The molecular formula is C50H69ClN2O9. The molecule has 12 heteroatoms. The number of esters is 1. The molecule has 2 amide bonds. The number of carboxylic acid groups (broad SMARTS) is 1. The van der Waals surface area contributed by atoms with E-state index < -0.39 is 52.1 Å². The number of carbonyl (C=O) groups is 5. The number of halogens is 1. The number of nitrogens with one attached hydrogen (secondary N) is 2. The van der Waals surface area contributed by atoms with E-state index >= 15 is 0 Å². The number of Topliss-reactive ketones (excluding diaryl/α,β-unsaturated/α-hetero) is 1. The third-order valence-electron chi connectivity index (χ3n) is 19.2. The summed E-state index contributed by atoms with van der Waals surface area (Å²) in [6, 6.07) is 6.44. The lowest BCUT2D eigenvalue weighted by Crippen LogP contribution is -2.70. The number of aliphatic hydroxyl groups excluding tert-OH is 1. The van der Waals surface area contributed by atoms with Crippen LogP contribution in [0.15, 0.2) is 35.4 Å². The topological polar surface area (TPSA) is 168 Å². The molecule has 1 aromatic carbocycles. The highest BCUT2D eigenvalue weighted by Gasteiger charge is 2.71. The smallest absolute Gasteiger partial charge is 0.309 e. The molecule has 11 nitrogen and oxygen atoms in total. The van der Waals surface area contributed by atoms with Crippen molar-refractivity contribution in [3.8, 4) is 0 Å². The molecular weight excluding hydrogens is 808 g/mol. The van der Waals surface area contributed by atoms with E-state index in [1.54, 1.807) is 24.3 Å². The number of rotatable bonds is 10. The summed E-state index contributed by atoms with van der Waals surface area (Å²) in [6.07, 6.45) is 6.44. The van der Waals surface area contributed by atoms with Crippen LogP contribution in [0.2, 0.25) is 5.02 Å². The Bertz CT molecular complexity index is 2070. The van der Waals surface area contributed by atoms with Crippen LogP contribution < -0.4 is 10.6 Å². The Hall–Kier alpha value is -3.28. The zero-order valence-electron chi connectivity index (χ0n) is 38.3. The Balaban J connectivity index is 1.01. The first-order valence-electron chi connectivity index (χ1n) is 23.2. The number of hydrogen-bond donors (Lipinski definition) is 4. The van der Waals surface area contributed by atoms with Crippen LogP contribution in [0.5, 0.6) is 0 Å². The lowest BCUT2D eigenvalue weighted by molar-refractivity contribution is -0.238. The first-order valence-corrected chi connectivity index (χ1v) is 23.6. The van der Waals surface area contributed by atoms with E-state index in [0.717, 1.165) is 56.1 Å². The highest BCUT2D eigenvalue weighted by molar-refractivity contribution is 6.30. The van der Waals surface area contributed by atoms with Gasteiger partial charge in [-0.1, -0.05) is 79.5 Å². The van der Waals surface area contributed by atoms with Crippen LogP contribution in [0, 0.1) is 68.0 Å². The van der Waals surface area contributed by atoms with Crippen LogP contribution in [0.4, 0.5) is 0 Å². The van der Waals surface area contributed by atoms with Crippen LogP contribution in [-0.4, -0.2) is 77.3 Å². The van der Waals surface area contributed by atoms with Gasteiger partial charge in [0.25, 0.3) is 11.8 Å². The average molecular weight is 878 g/mol. The molecule has 4 N–H and O–H groups in total. The minimum atomic E-state index is -1.27. The lowest BCUT2D eigenvalue weighted by Gasteiger charge is -2.72. The van der Waals surface area contributed by atoms with Crippen molar-refractivity contribution in [3.05, 3.63) is 46.0 Å². The predicted molar refractivity (Wildman–Crippen MR) is 234 cm³/mol. The van der Waals surface area contributed by atoms with Gasteiger partial charge in [-0.25, -0.2) is 0 Å². The molecule has 62 heavy (non-hydrogen) atoms. The monoisotopic (exact) mass is 876 g/mol. The number of aliphatic carboxylic acids is 1. The van der Waals surface area contributed by atoms with Gasteiger partial charge in [-0.3, -0.25) is 24.0 Å². The molecule has 1 aliphatic heterocycles. The van der Waals surface area contributed by atoms with Crippen LogP contribution in [0.25, 0.3) is 0 Å². The number of benzene rings is 1. The molecule has 11 atom stereocenters. The zero-order valence-corrected chi connectivity index (χ0v) is 39.0. The number of carboxylic acids is 1. The van der Waals surface area contributed by atoms with E-state index in [0.29, 0.717) is 35.3 Å². The molecule has 6 aliphatic carbocycles. The Labute approximate surface area is 372 Å². The van der Waals surface area contributed by atoms with Gasteiger partial charge >= 0.3 is 11.9 Å². The van der Waals surface area contributed by atoms with Crippen molar-refractivity contribution in [2.45, 2.75) is 144 Å². The predicted octanol–water partition coefficient (Wildman–Crippen LogP) is 7.96. The van der Waals surface area contributed by atoms with E-state index in [4.69, 9.17) is 21.1 Å². The second-order valence-corrected chi connectivity index (χ2v) is 23.3. The standard InChI is InChI=1S/C50H69ClN2O9/c1-27(2)38-33(54)23-49(36(55)24-52-43(60)50(25-61-26-50)53-40(56)28-10-12-29(51)13-11-28)21-20-47(8)30(39(38)49)14-15-35-46(7)18-17-37(45(5,6)34(46)16-19-48(35,47)9)62-42(59)32-22-31(41(57)58)44(32,3)4/h10-13,27,30-32,34-37,55H,14-26H2,1-9H3,(H,52,60)(H,53,56)(H,57,58)/t30-,31+,32-,34+,35-,36+,37+,46+,47-,48-,49+/m1/s1. The fourth-order valence-corrected chi connectivity index (χ4v) is 15.4. The normalized spacial score (nSPS) is 39.1. The zero-order chi connectivity index (χ0) is 45.2. The average Bonchev–Trinajstić information content (AvgIpc) is 3.49. The summed E-state index contributed by atoms with van der Waals surface area (Å²) < 4.78 is 11.9. The number of fused-ring (bicyclic) bond motifs is 7. The second-order valence-electron chi connectivity index (χ2n) is 22.9. The fraction of sp³-hybridized carbons (Fsp3) is 0.740. The van der Waals surface area contributed by atoms with E-state index in [9.17, 15) is 34.2 Å². The Morgan fingerprint density at radius 1 is 0.855 bits per heavy atom. The summed E-state index contributed by atoms with van der Waals surface area (Å²) in [7, 11) is 0. The summed E-state index contributed by atoms with van der Waals surface area (Å²) in [6.45, 7) is 19.9. The lowest BCUT2D eigenvalue weighted by atomic mass is 9.33. The fourth-order valence-electron chi connectivity index (χ4n) is 15.3. The summed E-state index contributed by atoms with van der Waals surface area (Å²) in [5.74, 6) is -1.99. The number of hydrogen-bond acceptors (Lipinski definition) is 8. The first-order chi connectivity index (χ1) is 28.9. The molecule has 0 spiro atoms. The van der Waals surface area contributed by atoms with Crippen molar-refractivity contribution in [1.29, 1.82) is 0 Å². The van der Waals surface area contributed by atoms with Crippen LogP contribution >= 0.6 is 11.6 Å². The van der Waals surface area contributed by atoms with Gasteiger partial charge in [0, 0.05) is 34.4 Å². The number of allylic oxidation sites excluding steroid dienone is 1. The number of ketones is 1. The van der Waals surface area contributed by atoms with Crippen LogP contribution in [0.1, 0.15) is 137 Å². The van der Waals surface area contributed by atoms with E-state index in [2.05, 4.69) is 59.1 Å². The highest BCUT2D eigenvalue weighted by Crippen LogP contribution is 2.77. The minimum absolute atomic E-state index is 0.000784. The summed E-state index contributed by atoms with van der Waals surface area (Å²) in [4.78, 5) is 66.8. The molecule has 340 valence electrons. The maximum Gasteiger partial charge on any atom is 0.309 e. The number of amides is 2. The van der Waals surface area contributed by atoms with Gasteiger partial charge in [0.1, 0.15) is 6.10 Å². The van der Waals surface area contributed by atoms with Crippen molar-refractivity contribution >= 4 is 41.1 Å². The molecule has 1 aromatic rings. The van der Waals surface area contributed by atoms with Gasteiger partial charge in [-0.2, -0.15) is 0 Å². The second kappa shape index (κ2) is 15.1. The maximum atomic E-state index is 14.2. The SMILES string of the molecule is CC(C)C1=C2[C@H]3CC[C@@H]4[C@@]5(C)CC[C@H](OC(=O)[C@H]6C[C@@H](C(=O)O)C6(C)C)C(C)(C)[C@@H]5CC[C@@]4(C)[C@]3(C)CC[C@@]2([C@@H](O)CNC(=O)C2(NC(=O)c3ccc(Cl)cc3)COC2)CC1=O. The Kier molecular flexibility index (Phi) is 11.1. The number of ether oxygens (including phenoxy) is 2. The van der Waals surface area contributed by atoms with Crippen molar-refractivity contribution in [2.24, 2.45) is 68.0 Å². The molecule has 6 fully saturated rings. The first kappa shape index (κ1) is 45.3. The maximum absolute atomic E-state index is 14.2. The van der Waals surface area contributed by atoms with Crippen molar-refractivity contribution in [1.82, 2.24) is 10.6 Å². The van der Waals surface area contributed by atoms with Gasteiger partial charge < -0.3 is 30.3 Å². The molecule has 5 saturated carbocycles. The van der Waals surface area contributed by atoms with Crippen molar-refractivity contribution in [2.75, 3.05) is 19.8 Å². The number of carbonyl (C=O) groups excluding carboxylic acids is 4. The van der Waals surface area contributed by atoms with E-state index in [-0.39, 0.29) is 77.5 Å². The molecule has 0 bridgehead atoms. The molecule has 0 aromatic heterocycles. The summed E-state index contributed by atoms with van der Waals surface area (Å²) in [5, 5.41) is 28.4. The molecule has 1 saturated heterocycles. The van der Waals surface area contributed by atoms with Crippen molar-refractivity contribution < 1.29 is 43.7 Å². The van der Waals surface area contributed by atoms with Gasteiger partial charge in [0.2, 0.25) is 0 Å². The van der Waals surface area contributed by atoms with Gasteiger partial charge in [0.05, 0.1) is 31.2 Å². The highest BCUT2D eigenvalue weighted by atomic mass is 35.5. The van der Waals surface area contributed by atoms with Gasteiger partial charge in [0.15, 0.2) is 11.3 Å². The third-order valence-corrected chi connectivity index (χ3v) is 19.5. The molecule has 1 heterocycles. The molecule has 0 radical (unpaired) electrons. The molecule has 8 rings (SSSR count). The molecule has 7 aliphatic rings. The summed E-state index contributed by atoms with van der Waals surface area (Å²) in [5.41, 5.74) is -0.814. The summed E-state index contributed by atoms with van der Waals surface area (Å²) >= 11 is 6.03. The van der Waals surface area contributed by atoms with Crippen molar-refractivity contribution in [3.63, 3.8) is 0 Å². The van der Waals surface area contributed by atoms with Gasteiger partial charge in [-0.05, 0) is 133 Å². The number of aliphatic hydroxyl groups is 1. The molecule has 0 unspecified atom stereocenters. The van der Waals surface area contributed by atoms with Gasteiger partial charge in [-0.15, -0.1) is 0 Å². The van der Waals surface area contributed by atoms with Crippen LogP contribution in [-0.2, 0) is 28.7 Å². The minimum Gasteiger partial charge on any atom is -0.481 e. The Morgan fingerprint density at radius 2 is 1.53 bits per heavy atom. The Morgan fingerprint density at radius 3 is 2.13 bits per heavy atom. The van der Waals surface area contributed by atoms with E-state index in [1.165, 1.54) is 0 Å². The van der Waals surface area contributed by atoms with Crippen LogP contribution in [0.3, 0.4) is 0 Å². The van der Waals surface area contributed by atoms with E-state index in [1.807, 2.05) is 13.8 Å².